The number of nitrogens with zero attached hydrogens (tertiary/aromatic N) is 2. The normalized spacial score (nSPS) is 10.7. The number of aromatic nitrogens is 3. The summed E-state index contributed by atoms with van der Waals surface area (Å²) >= 11 is 0. The number of hydrogen-bond acceptors (Lipinski definition) is 4. The van der Waals surface area contributed by atoms with E-state index in [4.69, 9.17) is 4.52 Å². The third kappa shape index (κ3) is 3.21. The zero-order valence-electron chi connectivity index (χ0n) is 11.4. The standard InChI is InChI=1S/C13H18N4O2/c1-4-5-10-6-12(16-15-10)14-13(18)7-11-8(2)17-19-9(11)3/h6H,4-5,7H2,1-3H3,(H2,14,15,16,18). The van der Waals surface area contributed by atoms with Crippen LogP contribution in [-0.4, -0.2) is 21.3 Å². The molecule has 0 aliphatic rings. The molecule has 2 aromatic rings. The fourth-order valence-corrected chi connectivity index (χ4v) is 1.92. The second-order valence-electron chi connectivity index (χ2n) is 4.56. The Hall–Kier alpha value is -2.11. The summed E-state index contributed by atoms with van der Waals surface area (Å²) in [6.07, 6.45) is 2.21. The van der Waals surface area contributed by atoms with Crippen LogP contribution in [0.3, 0.4) is 0 Å². The zero-order chi connectivity index (χ0) is 13.8. The minimum atomic E-state index is -0.121. The van der Waals surface area contributed by atoms with E-state index in [9.17, 15) is 4.79 Å². The molecule has 0 radical (unpaired) electrons. The van der Waals surface area contributed by atoms with Crippen LogP contribution in [0.1, 0.15) is 36.1 Å². The summed E-state index contributed by atoms with van der Waals surface area (Å²) in [5, 5.41) is 13.5. The number of nitrogens with one attached hydrogen (secondary N) is 2. The van der Waals surface area contributed by atoms with Gasteiger partial charge in [0.05, 0.1) is 12.1 Å². The topological polar surface area (TPSA) is 83.8 Å². The van der Waals surface area contributed by atoms with Gasteiger partial charge in [0, 0.05) is 17.3 Å². The summed E-state index contributed by atoms with van der Waals surface area (Å²) in [5.74, 6) is 1.12. The van der Waals surface area contributed by atoms with Crippen molar-refractivity contribution < 1.29 is 9.32 Å². The summed E-state index contributed by atoms with van der Waals surface area (Å²) in [6, 6.07) is 1.86. The lowest BCUT2D eigenvalue weighted by atomic mass is 10.1. The Morgan fingerprint density at radius 3 is 2.89 bits per heavy atom. The van der Waals surface area contributed by atoms with Crippen molar-refractivity contribution in [3.63, 3.8) is 0 Å². The highest BCUT2D eigenvalue weighted by Crippen LogP contribution is 2.14. The molecule has 0 saturated carbocycles. The molecule has 0 atom stereocenters. The maximum Gasteiger partial charge on any atom is 0.230 e. The third-order valence-electron chi connectivity index (χ3n) is 2.94. The van der Waals surface area contributed by atoms with E-state index in [2.05, 4.69) is 27.6 Å². The lowest BCUT2D eigenvalue weighted by molar-refractivity contribution is -0.115. The van der Waals surface area contributed by atoms with Gasteiger partial charge in [0.25, 0.3) is 0 Å². The quantitative estimate of drug-likeness (QED) is 0.864. The Kier molecular flexibility index (Phi) is 3.99. The lowest BCUT2D eigenvalue weighted by Gasteiger charge is -2.01. The van der Waals surface area contributed by atoms with Crippen molar-refractivity contribution in [3.8, 4) is 0 Å². The third-order valence-corrected chi connectivity index (χ3v) is 2.94. The van der Waals surface area contributed by atoms with E-state index in [-0.39, 0.29) is 12.3 Å². The largest absolute Gasteiger partial charge is 0.361 e. The first kappa shape index (κ1) is 13.3. The van der Waals surface area contributed by atoms with Crippen LogP contribution in [0.4, 0.5) is 5.82 Å². The van der Waals surface area contributed by atoms with Gasteiger partial charge in [-0.25, -0.2) is 0 Å². The molecule has 6 heteroatoms. The maximum absolute atomic E-state index is 11.9. The minimum Gasteiger partial charge on any atom is -0.361 e. The molecule has 0 aromatic carbocycles. The molecule has 2 rings (SSSR count). The maximum atomic E-state index is 11.9. The van der Waals surface area contributed by atoms with Crippen molar-refractivity contribution in [2.24, 2.45) is 0 Å². The molecule has 2 heterocycles. The van der Waals surface area contributed by atoms with Gasteiger partial charge >= 0.3 is 0 Å². The Labute approximate surface area is 111 Å². The van der Waals surface area contributed by atoms with Gasteiger partial charge in [0.1, 0.15) is 5.76 Å². The molecule has 0 bridgehead atoms. The molecule has 19 heavy (non-hydrogen) atoms. The van der Waals surface area contributed by atoms with Gasteiger partial charge in [-0.2, -0.15) is 5.10 Å². The van der Waals surface area contributed by atoms with Crippen LogP contribution in [0, 0.1) is 13.8 Å². The van der Waals surface area contributed by atoms with Crippen LogP contribution in [-0.2, 0) is 17.6 Å². The summed E-state index contributed by atoms with van der Waals surface area (Å²) in [4.78, 5) is 11.9. The highest BCUT2D eigenvalue weighted by atomic mass is 16.5. The number of H-pyrrole nitrogens is 1. The van der Waals surface area contributed by atoms with Crippen molar-refractivity contribution >= 4 is 11.7 Å². The smallest absolute Gasteiger partial charge is 0.230 e. The first-order chi connectivity index (χ1) is 9.10. The average molecular weight is 262 g/mol. The zero-order valence-corrected chi connectivity index (χ0v) is 11.4. The molecule has 1 amide bonds. The molecule has 6 nitrogen and oxygen atoms in total. The van der Waals surface area contributed by atoms with Crippen molar-refractivity contribution in [2.45, 2.75) is 40.0 Å². The van der Waals surface area contributed by atoms with E-state index >= 15 is 0 Å². The Balaban J connectivity index is 1.97. The number of carbonyl (C=O) groups excluding carboxylic acids is 1. The summed E-state index contributed by atoms with van der Waals surface area (Å²) in [6.45, 7) is 5.72. The predicted octanol–water partition coefficient (Wildman–Crippen LogP) is 2.15. The molecule has 102 valence electrons. The first-order valence-corrected chi connectivity index (χ1v) is 6.36. The number of aryl methyl sites for hydroxylation is 3. The van der Waals surface area contributed by atoms with Gasteiger partial charge in [0.2, 0.25) is 5.91 Å². The molecular formula is C13H18N4O2. The molecule has 0 spiro atoms. The van der Waals surface area contributed by atoms with Crippen LogP contribution in [0.25, 0.3) is 0 Å². The molecular weight excluding hydrogens is 244 g/mol. The van der Waals surface area contributed by atoms with Crippen molar-refractivity contribution in [3.05, 3.63) is 28.8 Å². The fraction of sp³-hybridized carbons (Fsp3) is 0.462. The lowest BCUT2D eigenvalue weighted by Crippen LogP contribution is -2.15. The van der Waals surface area contributed by atoms with Crippen LogP contribution in [0.5, 0.6) is 0 Å². The molecule has 0 fully saturated rings. The molecule has 2 N–H and O–H groups in total. The van der Waals surface area contributed by atoms with E-state index in [0.717, 1.165) is 29.8 Å². The SMILES string of the molecule is CCCc1cc(NC(=O)Cc2c(C)noc2C)n[nH]1. The Bertz CT molecular complexity index is 551. The summed E-state index contributed by atoms with van der Waals surface area (Å²) in [5.41, 5.74) is 2.61. The van der Waals surface area contributed by atoms with Gasteiger partial charge in [-0.15, -0.1) is 0 Å². The molecule has 0 aliphatic carbocycles. The Morgan fingerprint density at radius 1 is 1.47 bits per heavy atom. The minimum absolute atomic E-state index is 0.121. The number of rotatable bonds is 5. The number of amides is 1. The van der Waals surface area contributed by atoms with E-state index in [1.807, 2.05) is 13.0 Å². The second-order valence-corrected chi connectivity index (χ2v) is 4.56. The van der Waals surface area contributed by atoms with E-state index in [0.29, 0.717) is 11.6 Å². The van der Waals surface area contributed by atoms with Crippen molar-refractivity contribution in [1.29, 1.82) is 0 Å². The highest BCUT2D eigenvalue weighted by molar-refractivity contribution is 5.91. The highest BCUT2D eigenvalue weighted by Gasteiger charge is 2.14. The van der Waals surface area contributed by atoms with Crippen molar-refractivity contribution in [1.82, 2.24) is 15.4 Å². The van der Waals surface area contributed by atoms with E-state index in [1.165, 1.54) is 0 Å². The van der Waals surface area contributed by atoms with Crippen LogP contribution >= 0.6 is 0 Å². The van der Waals surface area contributed by atoms with Gasteiger partial charge < -0.3 is 9.84 Å². The first-order valence-electron chi connectivity index (χ1n) is 6.36. The van der Waals surface area contributed by atoms with Gasteiger partial charge in [-0.3, -0.25) is 9.89 Å². The molecule has 0 aliphatic heterocycles. The van der Waals surface area contributed by atoms with Crippen LogP contribution in [0.2, 0.25) is 0 Å². The second kappa shape index (κ2) is 5.69. The predicted molar refractivity (Wildman–Crippen MR) is 70.9 cm³/mol. The summed E-state index contributed by atoms with van der Waals surface area (Å²) in [7, 11) is 0. The molecule has 0 saturated heterocycles. The molecule has 0 unspecified atom stereocenters. The number of anilines is 1. The number of hydrogen-bond donors (Lipinski definition) is 2. The van der Waals surface area contributed by atoms with E-state index < -0.39 is 0 Å². The Morgan fingerprint density at radius 2 is 2.26 bits per heavy atom. The van der Waals surface area contributed by atoms with Gasteiger partial charge in [0.15, 0.2) is 5.82 Å². The van der Waals surface area contributed by atoms with Crippen LogP contribution in [0.15, 0.2) is 10.6 Å². The van der Waals surface area contributed by atoms with Gasteiger partial charge in [-0.1, -0.05) is 18.5 Å². The number of carbonyl (C=O) groups is 1. The monoisotopic (exact) mass is 262 g/mol. The number of aromatic amines is 1. The average Bonchev–Trinajstić information content (AvgIpc) is 2.91. The van der Waals surface area contributed by atoms with E-state index in [1.54, 1.807) is 6.92 Å². The van der Waals surface area contributed by atoms with Crippen molar-refractivity contribution in [2.75, 3.05) is 5.32 Å². The summed E-state index contributed by atoms with van der Waals surface area (Å²) < 4.78 is 5.03. The van der Waals surface area contributed by atoms with Crippen LogP contribution < -0.4 is 5.32 Å². The fourth-order valence-electron chi connectivity index (χ4n) is 1.92. The molecule has 2 aromatic heterocycles. The van der Waals surface area contributed by atoms with Gasteiger partial charge in [-0.05, 0) is 20.3 Å².